The number of nitrogens with one attached hydrogen (secondary N) is 1. The quantitative estimate of drug-likeness (QED) is 0.396. The third-order valence-corrected chi connectivity index (χ3v) is 5.72. The van der Waals surface area contributed by atoms with Crippen molar-refractivity contribution in [1.82, 2.24) is 9.97 Å². The van der Waals surface area contributed by atoms with Crippen LogP contribution >= 0.6 is 0 Å². The van der Waals surface area contributed by atoms with Gasteiger partial charge in [0.1, 0.15) is 11.5 Å². The van der Waals surface area contributed by atoms with Gasteiger partial charge in [-0.1, -0.05) is 12.1 Å². The molecular formula is C21H16FN3O3S. The number of halogens is 1. The number of nitrogen functional groups attached to an aromatic ring is 1. The van der Waals surface area contributed by atoms with Crippen LogP contribution in [0.3, 0.4) is 0 Å². The first-order chi connectivity index (χ1) is 13.7. The van der Waals surface area contributed by atoms with Crippen molar-refractivity contribution in [2.24, 2.45) is 0 Å². The van der Waals surface area contributed by atoms with Gasteiger partial charge in [-0.3, -0.25) is 4.79 Å². The van der Waals surface area contributed by atoms with Crippen LogP contribution in [0.5, 0.6) is 0 Å². The van der Waals surface area contributed by atoms with Crippen molar-refractivity contribution in [2.75, 3.05) is 12.0 Å². The zero-order valence-corrected chi connectivity index (χ0v) is 16.1. The number of hydrogen-bond acceptors (Lipinski definition) is 5. The molecule has 2 heterocycles. The predicted octanol–water partition coefficient (Wildman–Crippen LogP) is 3.59. The van der Waals surface area contributed by atoms with Crippen molar-refractivity contribution >= 4 is 32.3 Å². The van der Waals surface area contributed by atoms with Crippen LogP contribution in [0.1, 0.15) is 15.9 Å². The second kappa shape index (κ2) is 6.82. The van der Waals surface area contributed by atoms with E-state index in [4.69, 9.17) is 5.73 Å². The highest BCUT2D eigenvalue weighted by Crippen LogP contribution is 2.28. The van der Waals surface area contributed by atoms with Gasteiger partial charge in [0, 0.05) is 40.8 Å². The van der Waals surface area contributed by atoms with E-state index in [9.17, 15) is 17.6 Å². The number of carbonyl (C=O) groups is 1. The largest absolute Gasteiger partial charge is 0.399 e. The maximum absolute atomic E-state index is 14.2. The second-order valence-electron chi connectivity index (χ2n) is 6.69. The zero-order valence-electron chi connectivity index (χ0n) is 15.3. The van der Waals surface area contributed by atoms with Crippen molar-refractivity contribution in [3.05, 3.63) is 77.9 Å². The molecule has 0 saturated heterocycles. The summed E-state index contributed by atoms with van der Waals surface area (Å²) in [5.41, 5.74) is 7.82. The van der Waals surface area contributed by atoms with Gasteiger partial charge in [-0.25, -0.2) is 17.8 Å². The van der Waals surface area contributed by atoms with Crippen LogP contribution in [0.4, 0.5) is 10.1 Å². The molecule has 0 aliphatic carbocycles. The fourth-order valence-electron chi connectivity index (χ4n) is 3.12. The molecule has 146 valence electrons. The molecule has 4 rings (SSSR count). The van der Waals surface area contributed by atoms with Crippen molar-refractivity contribution in [3.63, 3.8) is 0 Å². The molecule has 0 amide bonds. The SMILES string of the molecule is CS(=O)(=O)c1cccc(-c2cnc3[nH]cc(C(=O)c4cc(N)ccc4F)c3c2)c1. The number of carbonyl (C=O) groups excluding carboxylic acids is 1. The van der Waals surface area contributed by atoms with E-state index < -0.39 is 21.4 Å². The van der Waals surface area contributed by atoms with Crippen LogP contribution in [0.2, 0.25) is 0 Å². The molecule has 0 atom stereocenters. The average molecular weight is 409 g/mol. The minimum Gasteiger partial charge on any atom is -0.399 e. The Morgan fingerprint density at radius 2 is 1.86 bits per heavy atom. The van der Waals surface area contributed by atoms with E-state index in [0.29, 0.717) is 22.2 Å². The maximum Gasteiger partial charge on any atom is 0.198 e. The molecule has 2 aromatic heterocycles. The van der Waals surface area contributed by atoms with Crippen LogP contribution in [0.25, 0.3) is 22.2 Å². The fourth-order valence-corrected chi connectivity index (χ4v) is 3.78. The average Bonchev–Trinajstić information content (AvgIpc) is 3.12. The number of aromatic amines is 1. The van der Waals surface area contributed by atoms with Gasteiger partial charge in [-0.05, 0) is 42.0 Å². The van der Waals surface area contributed by atoms with Gasteiger partial charge in [0.25, 0.3) is 0 Å². The molecule has 0 radical (unpaired) electrons. The number of hydrogen-bond donors (Lipinski definition) is 2. The van der Waals surface area contributed by atoms with Gasteiger partial charge in [0.05, 0.1) is 10.5 Å². The van der Waals surface area contributed by atoms with Gasteiger partial charge in [-0.15, -0.1) is 0 Å². The summed E-state index contributed by atoms with van der Waals surface area (Å²) in [6, 6.07) is 12.0. The number of anilines is 1. The molecule has 29 heavy (non-hydrogen) atoms. The standard InChI is InChI=1S/C21H16FN3O3S/c1-29(27,28)15-4-2-3-12(7-15)13-8-16-18(11-25-21(16)24-10-13)20(26)17-9-14(23)5-6-19(17)22/h2-11H,23H2,1H3,(H,24,25). The molecule has 0 aliphatic rings. The molecule has 4 aromatic rings. The number of aromatic nitrogens is 2. The van der Waals surface area contributed by atoms with Crippen LogP contribution in [-0.2, 0) is 9.84 Å². The number of pyridine rings is 1. The molecule has 0 bridgehead atoms. The summed E-state index contributed by atoms with van der Waals surface area (Å²) in [7, 11) is -3.37. The van der Waals surface area contributed by atoms with E-state index in [0.717, 1.165) is 12.3 Å². The first kappa shape index (κ1) is 18.8. The topological polar surface area (TPSA) is 106 Å². The minimum absolute atomic E-state index is 0.129. The Balaban J connectivity index is 1.84. The fraction of sp³-hybridized carbons (Fsp3) is 0.0476. The Hall–Kier alpha value is -3.52. The molecule has 0 saturated carbocycles. The molecule has 6 nitrogen and oxygen atoms in total. The molecule has 3 N–H and O–H groups in total. The molecular weight excluding hydrogens is 393 g/mol. The number of nitrogens with zero attached hydrogens (tertiary/aromatic N) is 1. The Bertz CT molecular complexity index is 1380. The first-order valence-corrected chi connectivity index (χ1v) is 10.5. The number of fused-ring (bicyclic) bond motifs is 1. The lowest BCUT2D eigenvalue weighted by molar-refractivity contribution is 0.103. The highest BCUT2D eigenvalue weighted by molar-refractivity contribution is 7.90. The molecule has 0 aliphatic heterocycles. The summed E-state index contributed by atoms with van der Waals surface area (Å²) in [5.74, 6) is -1.19. The number of H-pyrrole nitrogens is 1. The molecule has 0 fully saturated rings. The number of ketones is 1. The molecule has 0 spiro atoms. The summed E-state index contributed by atoms with van der Waals surface area (Å²) < 4.78 is 37.8. The number of sulfone groups is 1. The number of rotatable bonds is 4. The van der Waals surface area contributed by atoms with E-state index in [1.807, 2.05) is 0 Å². The maximum atomic E-state index is 14.2. The Labute approximate surface area is 166 Å². The van der Waals surface area contributed by atoms with Crippen LogP contribution in [0, 0.1) is 5.82 Å². The molecule has 0 unspecified atom stereocenters. The summed E-state index contributed by atoms with van der Waals surface area (Å²) in [5, 5.41) is 0.499. The summed E-state index contributed by atoms with van der Waals surface area (Å²) >= 11 is 0. The molecule has 8 heteroatoms. The Morgan fingerprint density at radius 1 is 1.07 bits per heavy atom. The van der Waals surface area contributed by atoms with E-state index in [2.05, 4.69) is 9.97 Å². The monoisotopic (exact) mass is 409 g/mol. The number of nitrogens with two attached hydrogens (primary N) is 1. The summed E-state index contributed by atoms with van der Waals surface area (Å²) in [6.45, 7) is 0. The van der Waals surface area contributed by atoms with Crippen LogP contribution in [0.15, 0.2) is 65.8 Å². The van der Waals surface area contributed by atoms with Crippen molar-refractivity contribution in [1.29, 1.82) is 0 Å². The van der Waals surface area contributed by atoms with Crippen LogP contribution < -0.4 is 5.73 Å². The Kier molecular flexibility index (Phi) is 4.43. The van der Waals surface area contributed by atoms with Gasteiger partial charge < -0.3 is 10.7 Å². The zero-order chi connectivity index (χ0) is 20.8. The first-order valence-electron chi connectivity index (χ1n) is 8.61. The summed E-state index contributed by atoms with van der Waals surface area (Å²) in [4.78, 5) is 20.3. The van der Waals surface area contributed by atoms with E-state index in [-0.39, 0.29) is 21.7 Å². The smallest absolute Gasteiger partial charge is 0.198 e. The van der Waals surface area contributed by atoms with E-state index >= 15 is 0 Å². The molecule has 2 aromatic carbocycles. The van der Waals surface area contributed by atoms with Crippen molar-refractivity contribution in [3.8, 4) is 11.1 Å². The van der Waals surface area contributed by atoms with Gasteiger partial charge in [0.15, 0.2) is 15.6 Å². The minimum atomic E-state index is -3.37. The third kappa shape index (κ3) is 3.50. The van der Waals surface area contributed by atoms with Crippen LogP contribution in [-0.4, -0.2) is 30.4 Å². The lowest BCUT2D eigenvalue weighted by atomic mass is 10.0. The van der Waals surface area contributed by atoms with Gasteiger partial charge in [-0.2, -0.15) is 0 Å². The highest BCUT2D eigenvalue weighted by Gasteiger charge is 2.19. The third-order valence-electron chi connectivity index (χ3n) is 4.61. The lowest BCUT2D eigenvalue weighted by Crippen LogP contribution is -2.05. The summed E-state index contributed by atoms with van der Waals surface area (Å²) in [6.07, 6.45) is 4.19. The van der Waals surface area contributed by atoms with E-state index in [1.54, 1.807) is 30.5 Å². The normalized spacial score (nSPS) is 11.7. The Morgan fingerprint density at radius 3 is 2.62 bits per heavy atom. The highest BCUT2D eigenvalue weighted by atomic mass is 32.2. The second-order valence-corrected chi connectivity index (χ2v) is 8.71. The van der Waals surface area contributed by atoms with Gasteiger partial charge in [0.2, 0.25) is 0 Å². The van der Waals surface area contributed by atoms with Gasteiger partial charge >= 0.3 is 0 Å². The van der Waals surface area contributed by atoms with Crippen molar-refractivity contribution < 1.29 is 17.6 Å². The van der Waals surface area contributed by atoms with E-state index in [1.165, 1.54) is 24.4 Å². The lowest BCUT2D eigenvalue weighted by Gasteiger charge is -2.06. The van der Waals surface area contributed by atoms with Crippen molar-refractivity contribution in [2.45, 2.75) is 4.90 Å². The number of benzene rings is 2. The predicted molar refractivity (Wildman–Crippen MR) is 109 cm³/mol.